The number of nitrogens with one attached hydrogen (secondary N) is 1. The molecule has 3 N–H and O–H groups in total. The Kier molecular flexibility index (Phi) is 5.22. The van der Waals surface area contributed by atoms with E-state index in [1.165, 1.54) is 37.4 Å². The molecule has 124 valence electrons. The minimum Gasteiger partial charge on any atom is -0.481 e. The molecule has 23 heavy (non-hydrogen) atoms. The van der Waals surface area contributed by atoms with Crippen LogP contribution in [0.15, 0.2) is 35.2 Å². The molecule has 0 radical (unpaired) electrons. The minimum atomic E-state index is -3.83. The second-order valence-electron chi connectivity index (χ2n) is 4.60. The van der Waals surface area contributed by atoms with Crippen LogP contribution in [0, 0.1) is 0 Å². The molecule has 0 aliphatic rings. The fourth-order valence-corrected chi connectivity index (χ4v) is 2.60. The maximum Gasteiger partial charge on any atom is 0.264 e. The van der Waals surface area contributed by atoms with Crippen molar-refractivity contribution < 1.29 is 17.9 Å². The number of rotatable bonds is 7. The first-order valence-electron chi connectivity index (χ1n) is 6.89. The van der Waals surface area contributed by atoms with Crippen molar-refractivity contribution in [3.63, 3.8) is 0 Å². The highest BCUT2D eigenvalue weighted by Gasteiger charge is 2.17. The van der Waals surface area contributed by atoms with Crippen molar-refractivity contribution in [2.45, 2.75) is 18.2 Å². The second kappa shape index (κ2) is 7.14. The van der Waals surface area contributed by atoms with Crippen LogP contribution >= 0.6 is 0 Å². The summed E-state index contributed by atoms with van der Waals surface area (Å²) in [6, 6.07) is 7.27. The first kappa shape index (κ1) is 16.8. The molecule has 0 spiro atoms. The summed E-state index contributed by atoms with van der Waals surface area (Å²) >= 11 is 0. The average molecular weight is 338 g/mol. The van der Waals surface area contributed by atoms with Gasteiger partial charge in [0.2, 0.25) is 17.7 Å². The minimum absolute atomic E-state index is 0.0501. The number of aromatic nitrogens is 2. The van der Waals surface area contributed by atoms with Gasteiger partial charge in [0.05, 0.1) is 24.7 Å². The monoisotopic (exact) mass is 338 g/mol. The van der Waals surface area contributed by atoms with Gasteiger partial charge in [0, 0.05) is 5.69 Å². The quantitative estimate of drug-likeness (QED) is 0.737. The fourth-order valence-electron chi connectivity index (χ4n) is 1.66. The molecule has 0 unspecified atom stereocenters. The van der Waals surface area contributed by atoms with Crippen LogP contribution in [-0.2, 0) is 10.0 Å². The molecule has 0 saturated carbocycles. The molecular formula is C14H18N4O4S. The lowest BCUT2D eigenvalue weighted by molar-refractivity contribution is 0.301. The van der Waals surface area contributed by atoms with Crippen LogP contribution in [0.2, 0.25) is 0 Å². The molecule has 0 atom stereocenters. The molecular weight excluding hydrogens is 320 g/mol. The predicted molar refractivity (Wildman–Crippen MR) is 86.0 cm³/mol. The molecule has 0 bridgehead atoms. The van der Waals surface area contributed by atoms with Gasteiger partial charge in [0.1, 0.15) is 0 Å². The Morgan fingerprint density at radius 2 is 1.83 bits per heavy atom. The molecule has 0 saturated heterocycles. The van der Waals surface area contributed by atoms with Crippen molar-refractivity contribution in [2.24, 2.45) is 0 Å². The molecule has 9 heteroatoms. The Morgan fingerprint density at radius 1 is 1.17 bits per heavy atom. The second-order valence-corrected chi connectivity index (χ2v) is 6.28. The third-order valence-corrected chi connectivity index (χ3v) is 4.10. The van der Waals surface area contributed by atoms with E-state index in [-0.39, 0.29) is 22.6 Å². The van der Waals surface area contributed by atoms with Gasteiger partial charge in [-0.3, -0.25) is 0 Å². The van der Waals surface area contributed by atoms with Gasteiger partial charge in [-0.1, -0.05) is 6.92 Å². The number of nitrogen functional groups attached to an aromatic ring is 1. The van der Waals surface area contributed by atoms with Crippen molar-refractivity contribution >= 4 is 21.7 Å². The fraction of sp³-hybridized carbons (Fsp3) is 0.286. The van der Waals surface area contributed by atoms with Crippen molar-refractivity contribution in [2.75, 3.05) is 24.2 Å². The maximum atomic E-state index is 12.3. The zero-order chi connectivity index (χ0) is 16.9. The van der Waals surface area contributed by atoms with E-state index >= 15 is 0 Å². The SMILES string of the molecule is CCCOc1cc(OC)nc(NS(=O)(=O)c2ccc(N)cc2)n1. The first-order valence-corrected chi connectivity index (χ1v) is 8.37. The van der Waals surface area contributed by atoms with E-state index < -0.39 is 10.0 Å². The van der Waals surface area contributed by atoms with Crippen molar-refractivity contribution in [3.05, 3.63) is 30.3 Å². The average Bonchev–Trinajstić information content (AvgIpc) is 2.52. The van der Waals surface area contributed by atoms with Crippen LogP contribution in [0.5, 0.6) is 11.8 Å². The van der Waals surface area contributed by atoms with Crippen LogP contribution in [0.1, 0.15) is 13.3 Å². The predicted octanol–water partition coefficient (Wildman–Crippen LogP) is 1.66. The van der Waals surface area contributed by atoms with E-state index in [1.807, 2.05) is 6.92 Å². The van der Waals surface area contributed by atoms with Gasteiger partial charge in [0.15, 0.2) is 0 Å². The Bertz CT molecular complexity index is 763. The molecule has 2 rings (SSSR count). The number of hydrogen-bond acceptors (Lipinski definition) is 7. The zero-order valence-corrected chi connectivity index (χ0v) is 13.6. The summed E-state index contributed by atoms with van der Waals surface area (Å²) in [5, 5.41) is 0. The van der Waals surface area contributed by atoms with Crippen LogP contribution in [-0.4, -0.2) is 32.1 Å². The van der Waals surface area contributed by atoms with E-state index in [1.54, 1.807) is 0 Å². The summed E-state index contributed by atoms with van der Waals surface area (Å²) in [6.07, 6.45) is 0.790. The van der Waals surface area contributed by atoms with Gasteiger partial charge in [-0.15, -0.1) is 0 Å². The molecule has 1 aromatic carbocycles. The molecule has 0 amide bonds. The van der Waals surface area contributed by atoms with Gasteiger partial charge in [-0.05, 0) is 30.7 Å². The Labute approximate surface area is 134 Å². The van der Waals surface area contributed by atoms with Gasteiger partial charge >= 0.3 is 0 Å². The number of hydrogen-bond donors (Lipinski definition) is 2. The normalized spacial score (nSPS) is 11.0. The van der Waals surface area contributed by atoms with Crippen molar-refractivity contribution in [1.29, 1.82) is 0 Å². The highest BCUT2D eigenvalue weighted by Crippen LogP contribution is 2.21. The number of methoxy groups -OCH3 is 1. The number of benzene rings is 1. The van der Waals surface area contributed by atoms with Gasteiger partial charge in [0.25, 0.3) is 10.0 Å². The van der Waals surface area contributed by atoms with Crippen LogP contribution in [0.25, 0.3) is 0 Å². The third-order valence-electron chi connectivity index (χ3n) is 2.76. The lowest BCUT2D eigenvalue weighted by Gasteiger charge is -2.10. The third kappa shape index (κ3) is 4.46. The summed E-state index contributed by atoms with van der Waals surface area (Å²) in [4.78, 5) is 8.03. The smallest absolute Gasteiger partial charge is 0.264 e. The number of nitrogens with two attached hydrogens (primary N) is 1. The van der Waals surface area contributed by atoms with Crippen molar-refractivity contribution in [3.8, 4) is 11.8 Å². The molecule has 2 aromatic rings. The molecule has 1 aromatic heterocycles. The number of ether oxygens (including phenoxy) is 2. The lowest BCUT2D eigenvalue weighted by Crippen LogP contribution is -2.15. The summed E-state index contributed by atoms with van der Waals surface area (Å²) in [5.41, 5.74) is 6.02. The van der Waals surface area contributed by atoms with E-state index in [0.29, 0.717) is 12.3 Å². The summed E-state index contributed by atoms with van der Waals surface area (Å²) in [6.45, 7) is 2.40. The number of anilines is 2. The van der Waals surface area contributed by atoms with Crippen LogP contribution in [0.4, 0.5) is 11.6 Å². The summed E-state index contributed by atoms with van der Waals surface area (Å²) in [5.74, 6) is 0.294. The standard InChI is InChI=1S/C14H18N4O4S/c1-3-8-22-13-9-12(21-2)16-14(17-13)18-23(19,20)11-6-4-10(15)5-7-11/h4-7,9H,3,8,15H2,1-2H3,(H,16,17,18). The highest BCUT2D eigenvalue weighted by atomic mass is 32.2. The highest BCUT2D eigenvalue weighted by molar-refractivity contribution is 7.92. The molecule has 0 aliphatic carbocycles. The van der Waals surface area contributed by atoms with E-state index in [0.717, 1.165) is 6.42 Å². The van der Waals surface area contributed by atoms with Crippen LogP contribution in [0.3, 0.4) is 0 Å². The molecule has 0 aliphatic heterocycles. The summed E-state index contributed by atoms with van der Waals surface area (Å²) in [7, 11) is -2.41. The lowest BCUT2D eigenvalue weighted by atomic mass is 10.3. The Hall–Kier alpha value is -2.55. The maximum absolute atomic E-state index is 12.3. The van der Waals surface area contributed by atoms with Crippen LogP contribution < -0.4 is 19.9 Å². The van der Waals surface area contributed by atoms with Gasteiger partial charge in [-0.2, -0.15) is 9.97 Å². The zero-order valence-electron chi connectivity index (χ0n) is 12.8. The van der Waals surface area contributed by atoms with Gasteiger partial charge in [-0.25, -0.2) is 13.1 Å². The number of sulfonamides is 1. The van der Waals surface area contributed by atoms with E-state index in [4.69, 9.17) is 15.2 Å². The number of nitrogens with zero attached hydrogens (tertiary/aromatic N) is 2. The van der Waals surface area contributed by atoms with Crippen molar-refractivity contribution in [1.82, 2.24) is 9.97 Å². The van der Waals surface area contributed by atoms with E-state index in [9.17, 15) is 8.42 Å². The Morgan fingerprint density at radius 3 is 2.43 bits per heavy atom. The van der Waals surface area contributed by atoms with E-state index in [2.05, 4.69) is 14.7 Å². The topological polar surface area (TPSA) is 116 Å². The largest absolute Gasteiger partial charge is 0.481 e. The first-order chi connectivity index (χ1) is 10.9. The van der Waals surface area contributed by atoms with Gasteiger partial charge < -0.3 is 15.2 Å². The molecule has 0 fully saturated rings. The molecule has 8 nitrogen and oxygen atoms in total. The Balaban J connectivity index is 2.28. The molecule has 1 heterocycles. The summed E-state index contributed by atoms with van der Waals surface area (Å²) < 4.78 is 37.4.